The molecule has 0 spiro atoms. The maximum Gasteiger partial charge on any atom is 0.0735 e. The molecule has 1 aliphatic rings. The summed E-state index contributed by atoms with van der Waals surface area (Å²) in [5.41, 5.74) is 2.42. The zero-order chi connectivity index (χ0) is 13.8. The minimum absolute atomic E-state index is 0.312. The minimum Gasteiger partial charge on any atom is -0.374 e. The van der Waals surface area contributed by atoms with Gasteiger partial charge in [0.15, 0.2) is 0 Å². The summed E-state index contributed by atoms with van der Waals surface area (Å²) in [6, 6.07) is 6.66. The van der Waals surface area contributed by atoms with Gasteiger partial charge in [-0.2, -0.15) is 0 Å². The zero-order valence-corrected chi connectivity index (χ0v) is 12.8. The quantitative estimate of drug-likeness (QED) is 0.888. The maximum atomic E-state index is 6.34. The van der Waals surface area contributed by atoms with Crippen molar-refractivity contribution in [3.8, 4) is 0 Å². The molecule has 1 N–H and O–H groups in total. The number of hydrogen-bond acceptors (Lipinski definition) is 2. The molecule has 2 nitrogen and oxygen atoms in total. The zero-order valence-electron chi connectivity index (χ0n) is 12.1. The molecule has 0 amide bonds. The van der Waals surface area contributed by atoms with Gasteiger partial charge in [-0.3, -0.25) is 0 Å². The molecule has 19 heavy (non-hydrogen) atoms. The third kappa shape index (κ3) is 3.95. The van der Waals surface area contributed by atoms with Gasteiger partial charge in [0.1, 0.15) is 0 Å². The van der Waals surface area contributed by atoms with Crippen LogP contribution in [0.2, 0.25) is 5.02 Å². The van der Waals surface area contributed by atoms with E-state index >= 15 is 0 Å². The van der Waals surface area contributed by atoms with E-state index in [1.165, 1.54) is 11.1 Å². The van der Waals surface area contributed by atoms with Crippen molar-refractivity contribution in [1.29, 1.82) is 0 Å². The van der Waals surface area contributed by atoms with Gasteiger partial charge in [0, 0.05) is 11.1 Å². The second-order valence-corrected chi connectivity index (χ2v) is 5.93. The van der Waals surface area contributed by atoms with Crippen LogP contribution in [0.5, 0.6) is 0 Å². The van der Waals surface area contributed by atoms with E-state index in [0.29, 0.717) is 18.2 Å². The van der Waals surface area contributed by atoms with Gasteiger partial charge in [0.2, 0.25) is 0 Å². The molecule has 1 aromatic carbocycles. The Morgan fingerprint density at radius 1 is 1.42 bits per heavy atom. The lowest BCUT2D eigenvalue weighted by atomic mass is 9.98. The Labute approximate surface area is 121 Å². The van der Waals surface area contributed by atoms with Crippen molar-refractivity contribution < 1.29 is 4.74 Å². The highest BCUT2D eigenvalue weighted by molar-refractivity contribution is 6.31. The van der Waals surface area contributed by atoms with E-state index in [9.17, 15) is 0 Å². The lowest BCUT2D eigenvalue weighted by molar-refractivity contribution is 0.0324. The number of hydrogen-bond donors (Lipinski definition) is 1. The Bertz CT molecular complexity index is 421. The minimum atomic E-state index is 0.312. The number of aryl methyl sites for hydroxylation is 1. The Balaban J connectivity index is 2.07. The molecule has 1 aromatic rings. The highest BCUT2D eigenvalue weighted by Crippen LogP contribution is 2.26. The van der Waals surface area contributed by atoms with Crippen LogP contribution in [0.3, 0.4) is 0 Å². The normalized spacial score (nSPS) is 24.6. The molecule has 0 saturated carbocycles. The smallest absolute Gasteiger partial charge is 0.0735 e. The lowest BCUT2D eigenvalue weighted by Crippen LogP contribution is -2.41. The second kappa shape index (κ2) is 6.74. The van der Waals surface area contributed by atoms with Crippen LogP contribution < -0.4 is 5.32 Å². The van der Waals surface area contributed by atoms with Crippen LogP contribution in [0.1, 0.15) is 37.8 Å². The van der Waals surface area contributed by atoms with Crippen LogP contribution in [0.25, 0.3) is 0 Å². The highest BCUT2D eigenvalue weighted by atomic mass is 35.5. The van der Waals surface area contributed by atoms with E-state index in [1.807, 2.05) is 6.07 Å². The van der Waals surface area contributed by atoms with Gasteiger partial charge < -0.3 is 10.1 Å². The number of ether oxygens (including phenoxy) is 1. The van der Waals surface area contributed by atoms with E-state index in [2.05, 4.69) is 38.2 Å². The molecule has 1 aliphatic heterocycles. The molecule has 0 radical (unpaired) electrons. The van der Waals surface area contributed by atoms with E-state index in [-0.39, 0.29) is 0 Å². The monoisotopic (exact) mass is 281 g/mol. The Kier molecular flexibility index (Phi) is 5.26. The Morgan fingerprint density at radius 2 is 2.21 bits per heavy atom. The fourth-order valence-corrected chi connectivity index (χ4v) is 3.09. The van der Waals surface area contributed by atoms with E-state index in [0.717, 1.165) is 30.8 Å². The predicted molar refractivity (Wildman–Crippen MR) is 80.9 cm³/mol. The summed E-state index contributed by atoms with van der Waals surface area (Å²) in [6.07, 6.45) is 3.94. The average Bonchev–Trinajstić information content (AvgIpc) is 2.78. The molecular formula is C16H24ClNO. The number of halogens is 1. The molecule has 1 saturated heterocycles. The predicted octanol–water partition coefficient (Wildman–Crippen LogP) is 3.74. The van der Waals surface area contributed by atoms with Crippen LogP contribution >= 0.6 is 11.6 Å². The summed E-state index contributed by atoms with van der Waals surface area (Å²) in [5.74, 6) is 0. The van der Waals surface area contributed by atoms with Crippen LogP contribution in [0.15, 0.2) is 18.2 Å². The first-order chi connectivity index (χ1) is 9.10. The molecule has 3 heteroatoms. The lowest BCUT2D eigenvalue weighted by Gasteiger charge is -2.25. The second-order valence-electron chi connectivity index (χ2n) is 5.53. The number of benzene rings is 1. The summed E-state index contributed by atoms with van der Waals surface area (Å²) >= 11 is 6.34. The largest absolute Gasteiger partial charge is 0.374 e. The number of rotatable bonds is 5. The summed E-state index contributed by atoms with van der Waals surface area (Å²) in [6.45, 7) is 7.32. The third-order valence-electron chi connectivity index (χ3n) is 3.83. The molecule has 1 fully saturated rings. The molecule has 3 atom stereocenters. The molecule has 0 aliphatic carbocycles. The van der Waals surface area contributed by atoms with Crippen molar-refractivity contribution in [2.24, 2.45) is 0 Å². The number of likely N-dealkylation sites (N-methyl/N-ethyl adjacent to an activating group) is 1. The first-order valence-electron chi connectivity index (χ1n) is 7.24. The van der Waals surface area contributed by atoms with Crippen molar-refractivity contribution in [3.63, 3.8) is 0 Å². The SMILES string of the molecule is CCNC(Cc1ccc(C)cc1Cl)C1CCC(C)O1. The van der Waals surface area contributed by atoms with Gasteiger partial charge >= 0.3 is 0 Å². The standard InChI is InChI=1S/C16H24ClNO/c1-4-18-15(16-8-6-12(3)19-16)10-13-7-5-11(2)9-14(13)17/h5,7,9,12,15-16,18H,4,6,8,10H2,1-3H3. The van der Waals surface area contributed by atoms with Crippen molar-refractivity contribution in [2.45, 2.75) is 58.3 Å². The molecule has 3 unspecified atom stereocenters. The molecule has 2 rings (SSSR count). The van der Waals surface area contributed by atoms with Gasteiger partial charge in [-0.25, -0.2) is 0 Å². The highest BCUT2D eigenvalue weighted by Gasteiger charge is 2.29. The van der Waals surface area contributed by atoms with Crippen LogP contribution in [-0.4, -0.2) is 24.8 Å². The maximum absolute atomic E-state index is 6.34. The fraction of sp³-hybridized carbons (Fsp3) is 0.625. The molecule has 0 bridgehead atoms. The summed E-state index contributed by atoms with van der Waals surface area (Å²) < 4.78 is 6.01. The topological polar surface area (TPSA) is 21.3 Å². The Hall–Kier alpha value is -0.570. The van der Waals surface area contributed by atoms with Gasteiger partial charge in [0.25, 0.3) is 0 Å². The molecule has 1 heterocycles. The van der Waals surface area contributed by atoms with Gasteiger partial charge in [-0.05, 0) is 56.8 Å². The van der Waals surface area contributed by atoms with Crippen molar-refractivity contribution in [2.75, 3.05) is 6.54 Å². The first-order valence-corrected chi connectivity index (χ1v) is 7.61. The van der Waals surface area contributed by atoms with E-state index in [4.69, 9.17) is 16.3 Å². The summed E-state index contributed by atoms with van der Waals surface area (Å²) in [5, 5.41) is 4.42. The van der Waals surface area contributed by atoms with E-state index in [1.54, 1.807) is 0 Å². The van der Waals surface area contributed by atoms with Crippen LogP contribution in [0, 0.1) is 6.92 Å². The molecule has 106 valence electrons. The van der Waals surface area contributed by atoms with Crippen molar-refractivity contribution in [3.05, 3.63) is 34.3 Å². The third-order valence-corrected chi connectivity index (χ3v) is 4.18. The fourth-order valence-electron chi connectivity index (χ4n) is 2.78. The van der Waals surface area contributed by atoms with Crippen LogP contribution in [-0.2, 0) is 11.2 Å². The molecular weight excluding hydrogens is 258 g/mol. The van der Waals surface area contributed by atoms with Gasteiger partial charge in [-0.1, -0.05) is 30.7 Å². The number of nitrogens with one attached hydrogen (secondary N) is 1. The summed E-state index contributed by atoms with van der Waals surface area (Å²) in [7, 11) is 0. The summed E-state index contributed by atoms with van der Waals surface area (Å²) in [4.78, 5) is 0. The van der Waals surface area contributed by atoms with Gasteiger partial charge in [0.05, 0.1) is 12.2 Å². The first kappa shape index (κ1) is 14.8. The van der Waals surface area contributed by atoms with Crippen LogP contribution in [0.4, 0.5) is 0 Å². The van der Waals surface area contributed by atoms with Crippen molar-refractivity contribution in [1.82, 2.24) is 5.32 Å². The Morgan fingerprint density at radius 3 is 2.79 bits per heavy atom. The van der Waals surface area contributed by atoms with Gasteiger partial charge in [-0.15, -0.1) is 0 Å². The average molecular weight is 282 g/mol. The van der Waals surface area contributed by atoms with Crippen molar-refractivity contribution >= 4 is 11.6 Å². The van der Waals surface area contributed by atoms with E-state index < -0.39 is 0 Å². The molecule has 0 aromatic heterocycles.